The lowest BCUT2D eigenvalue weighted by atomic mass is 9.98. The molecule has 0 saturated carbocycles. The number of ether oxygens (including phenoxy) is 1. The average molecular weight is 561 g/mol. The van der Waals surface area contributed by atoms with E-state index in [1.165, 1.54) is 28.2 Å². The SMILES string of the molecule is COc1ccc([C@@H]2CC(c3ccc(Cl)cc3)=NN2C(=O)CN2N=N[C@H]3C(=O)N(c4cccc(F)c4)C(=O)[C@@H]32)cc1. The normalized spacial score (nSPS) is 21.7. The predicted molar refractivity (Wildman–Crippen MR) is 143 cm³/mol. The number of methoxy groups -OCH3 is 1. The summed E-state index contributed by atoms with van der Waals surface area (Å²) < 4.78 is 19.1. The van der Waals surface area contributed by atoms with Gasteiger partial charge in [0.25, 0.3) is 17.7 Å². The number of hydrazone groups is 1. The number of benzene rings is 3. The van der Waals surface area contributed by atoms with Gasteiger partial charge < -0.3 is 4.74 Å². The molecule has 0 spiro atoms. The van der Waals surface area contributed by atoms with Crippen molar-refractivity contribution in [1.29, 1.82) is 0 Å². The summed E-state index contributed by atoms with van der Waals surface area (Å²) in [5.74, 6) is -1.60. The van der Waals surface area contributed by atoms with Gasteiger partial charge in [0.05, 0.1) is 24.6 Å². The summed E-state index contributed by atoms with van der Waals surface area (Å²) in [5, 5.41) is 15.7. The molecule has 3 aromatic carbocycles. The highest BCUT2D eigenvalue weighted by Crippen LogP contribution is 2.36. The lowest BCUT2D eigenvalue weighted by Gasteiger charge is -2.25. The number of halogens is 2. The minimum Gasteiger partial charge on any atom is -0.497 e. The van der Waals surface area contributed by atoms with Crippen LogP contribution in [0.2, 0.25) is 5.02 Å². The van der Waals surface area contributed by atoms with E-state index < -0.39 is 41.7 Å². The number of carbonyl (C=O) groups is 3. The lowest BCUT2D eigenvalue weighted by Crippen LogP contribution is -2.44. The molecule has 0 radical (unpaired) electrons. The molecule has 1 fully saturated rings. The Bertz CT molecular complexity index is 1560. The van der Waals surface area contributed by atoms with Crippen LogP contribution in [0.3, 0.4) is 0 Å². The molecular formula is C28H22ClFN6O4. The summed E-state index contributed by atoms with van der Waals surface area (Å²) in [4.78, 5) is 40.8. The van der Waals surface area contributed by atoms with Gasteiger partial charge in [-0.3, -0.25) is 19.4 Å². The summed E-state index contributed by atoms with van der Waals surface area (Å²) in [6.07, 6.45) is 0.442. The summed E-state index contributed by atoms with van der Waals surface area (Å²) in [6, 6.07) is 17.1. The van der Waals surface area contributed by atoms with Gasteiger partial charge in [-0.2, -0.15) is 10.2 Å². The molecule has 0 N–H and O–H groups in total. The van der Waals surface area contributed by atoms with E-state index in [4.69, 9.17) is 16.3 Å². The summed E-state index contributed by atoms with van der Waals surface area (Å²) >= 11 is 6.05. The highest BCUT2D eigenvalue weighted by atomic mass is 35.5. The highest BCUT2D eigenvalue weighted by molar-refractivity contribution is 6.30. The number of rotatable bonds is 6. The Morgan fingerprint density at radius 2 is 1.80 bits per heavy atom. The van der Waals surface area contributed by atoms with Crippen LogP contribution in [0.1, 0.15) is 23.6 Å². The molecule has 0 aliphatic carbocycles. The minimum absolute atomic E-state index is 0.0993. The van der Waals surface area contributed by atoms with E-state index in [1.807, 2.05) is 24.3 Å². The first-order valence-electron chi connectivity index (χ1n) is 12.4. The molecule has 12 heteroatoms. The van der Waals surface area contributed by atoms with E-state index >= 15 is 0 Å². The van der Waals surface area contributed by atoms with Crippen molar-refractivity contribution in [1.82, 2.24) is 10.0 Å². The van der Waals surface area contributed by atoms with Gasteiger partial charge in [-0.15, -0.1) is 0 Å². The van der Waals surface area contributed by atoms with Crippen LogP contribution in [0.4, 0.5) is 10.1 Å². The van der Waals surface area contributed by atoms with Crippen LogP contribution in [-0.2, 0) is 14.4 Å². The second kappa shape index (κ2) is 10.2. The monoisotopic (exact) mass is 560 g/mol. The van der Waals surface area contributed by atoms with Gasteiger partial charge >= 0.3 is 0 Å². The number of hydrogen-bond acceptors (Lipinski definition) is 8. The Hall–Kier alpha value is -4.64. The zero-order valence-corrected chi connectivity index (χ0v) is 21.9. The largest absolute Gasteiger partial charge is 0.497 e. The summed E-state index contributed by atoms with van der Waals surface area (Å²) in [7, 11) is 1.57. The Labute approximate surface area is 233 Å². The van der Waals surface area contributed by atoms with Crippen molar-refractivity contribution in [2.45, 2.75) is 24.5 Å². The Morgan fingerprint density at radius 3 is 2.50 bits per heavy atom. The van der Waals surface area contributed by atoms with Gasteiger partial charge in [0.2, 0.25) is 0 Å². The number of hydrogen-bond donors (Lipinski definition) is 0. The van der Waals surface area contributed by atoms with Crippen molar-refractivity contribution < 1.29 is 23.5 Å². The lowest BCUT2D eigenvalue weighted by molar-refractivity contribution is -0.135. The summed E-state index contributed by atoms with van der Waals surface area (Å²) in [5.41, 5.74) is 2.45. The second-order valence-electron chi connectivity index (χ2n) is 9.47. The first kappa shape index (κ1) is 25.6. The number of amides is 3. The van der Waals surface area contributed by atoms with Gasteiger partial charge in [0, 0.05) is 11.4 Å². The molecule has 1 saturated heterocycles. The fraction of sp³-hybridized carbons (Fsp3) is 0.214. The molecule has 3 aliphatic rings. The van der Waals surface area contributed by atoms with E-state index in [9.17, 15) is 18.8 Å². The van der Waals surface area contributed by atoms with Gasteiger partial charge in [-0.05, 0) is 53.6 Å². The molecule has 0 unspecified atom stereocenters. The van der Waals surface area contributed by atoms with Crippen LogP contribution in [0.5, 0.6) is 5.75 Å². The number of fused-ring (bicyclic) bond motifs is 1. The third-order valence-electron chi connectivity index (χ3n) is 7.07. The standard InChI is InChI=1S/C28H22ClFN6O4/c1-40-21-11-7-17(8-12-21)23-14-22(16-5-9-18(29)10-6-16)32-36(23)24(37)15-34-26-25(31-33-34)27(38)35(28(26)39)20-4-2-3-19(30)13-20/h2-13,23,25-26H,14-15H2,1H3/t23-,25+,26+/m0/s1. The first-order chi connectivity index (χ1) is 19.3. The maximum atomic E-state index is 13.8. The van der Waals surface area contributed by atoms with Crippen molar-refractivity contribution in [3.63, 3.8) is 0 Å². The Morgan fingerprint density at radius 1 is 1.05 bits per heavy atom. The Balaban J connectivity index is 1.26. The van der Waals surface area contributed by atoms with Gasteiger partial charge in [0.1, 0.15) is 18.1 Å². The zero-order chi connectivity index (χ0) is 28.0. The zero-order valence-electron chi connectivity index (χ0n) is 21.1. The third-order valence-corrected chi connectivity index (χ3v) is 7.32. The molecule has 0 aromatic heterocycles. The quantitative estimate of drug-likeness (QED) is 0.421. The Kier molecular flexibility index (Phi) is 6.51. The van der Waals surface area contributed by atoms with Crippen LogP contribution in [-0.4, -0.2) is 59.2 Å². The van der Waals surface area contributed by atoms with E-state index in [0.29, 0.717) is 22.9 Å². The van der Waals surface area contributed by atoms with Crippen molar-refractivity contribution in [3.8, 4) is 5.75 Å². The molecule has 202 valence electrons. The smallest absolute Gasteiger partial charge is 0.264 e. The van der Waals surface area contributed by atoms with Crippen LogP contribution < -0.4 is 9.64 Å². The van der Waals surface area contributed by atoms with Crippen molar-refractivity contribution in [2.75, 3.05) is 18.6 Å². The molecule has 40 heavy (non-hydrogen) atoms. The molecule has 3 aromatic rings. The van der Waals surface area contributed by atoms with Gasteiger partial charge in [-0.25, -0.2) is 14.3 Å². The highest BCUT2D eigenvalue weighted by Gasteiger charge is 2.55. The topological polar surface area (TPSA) is 107 Å². The minimum atomic E-state index is -1.12. The van der Waals surface area contributed by atoms with Gasteiger partial charge in [0.15, 0.2) is 12.1 Å². The first-order valence-corrected chi connectivity index (χ1v) is 12.8. The fourth-order valence-electron chi connectivity index (χ4n) is 5.08. The van der Waals surface area contributed by atoms with Crippen LogP contribution in [0.25, 0.3) is 0 Å². The van der Waals surface area contributed by atoms with Crippen LogP contribution >= 0.6 is 11.6 Å². The second-order valence-corrected chi connectivity index (χ2v) is 9.91. The van der Waals surface area contributed by atoms with Crippen LogP contribution in [0, 0.1) is 5.82 Å². The molecule has 6 rings (SSSR count). The molecule has 3 heterocycles. The van der Waals surface area contributed by atoms with E-state index in [1.54, 1.807) is 31.4 Å². The molecule has 3 amide bonds. The van der Waals surface area contributed by atoms with Crippen LogP contribution in [0.15, 0.2) is 88.2 Å². The summed E-state index contributed by atoms with van der Waals surface area (Å²) in [6.45, 7) is -0.343. The molecule has 3 aliphatic heterocycles. The maximum Gasteiger partial charge on any atom is 0.264 e. The van der Waals surface area contributed by atoms with E-state index in [0.717, 1.165) is 22.1 Å². The maximum absolute atomic E-state index is 13.8. The van der Waals surface area contributed by atoms with Crippen molar-refractivity contribution in [2.24, 2.45) is 15.4 Å². The molecular weight excluding hydrogens is 539 g/mol. The number of anilines is 1. The molecule has 10 nitrogen and oxygen atoms in total. The van der Waals surface area contributed by atoms with Crippen molar-refractivity contribution in [3.05, 3.63) is 94.8 Å². The molecule has 0 bridgehead atoms. The number of nitrogens with zero attached hydrogens (tertiary/aromatic N) is 6. The average Bonchev–Trinajstić information content (AvgIpc) is 3.64. The third kappa shape index (κ3) is 4.47. The van der Waals surface area contributed by atoms with Crippen molar-refractivity contribution >= 4 is 40.7 Å². The van der Waals surface area contributed by atoms with Gasteiger partial charge in [-0.1, -0.05) is 47.2 Å². The number of imide groups is 1. The van der Waals surface area contributed by atoms with E-state index in [-0.39, 0.29) is 12.2 Å². The predicted octanol–water partition coefficient (Wildman–Crippen LogP) is 4.16. The number of carbonyl (C=O) groups excluding carboxylic acids is 3. The van der Waals surface area contributed by atoms with E-state index in [2.05, 4.69) is 15.4 Å². The molecule has 3 atom stereocenters. The fourth-order valence-corrected chi connectivity index (χ4v) is 5.20.